The van der Waals surface area contributed by atoms with Crippen LogP contribution in [0.3, 0.4) is 0 Å². The SMILES string of the molecule is CN1CCC[C@H](COc2cccc(CN(C(=O)Cn3ccnc3)C3CC3)c2)C1. The van der Waals surface area contributed by atoms with Gasteiger partial charge in [0.25, 0.3) is 0 Å². The van der Waals surface area contributed by atoms with E-state index in [0.717, 1.165) is 37.3 Å². The number of nitrogens with zero attached hydrogens (tertiary/aromatic N) is 4. The number of rotatable bonds is 8. The lowest BCUT2D eigenvalue weighted by Crippen LogP contribution is -2.35. The summed E-state index contributed by atoms with van der Waals surface area (Å²) in [5.41, 5.74) is 1.13. The molecule has 1 aliphatic heterocycles. The first-order chi connectivity index (χ1) is 13.7. The largest absolute Gasteiger partial charge is 0.493 e. The first-order valence-electron chi connectivity index (χ1n) is 10.3. The highest BCUT2D eigenvalue weighted by molar-refractivity contribution is 5.76. The normalized spacial score (nSPS) is 20.1. The zero-order valence-corrected chi connectivity index (χ0v) is 16.7. The summed E-state index contributed by atoms with van der Waals surface area (Å²) in [7, 11) is 2.18. The molecule has 6 nitrogen and oxygen atoms in total. The Kier molecular flexibility index (Phi) is 5.95. The summed E-state index contributed by atoms with van der Waals surface area (Å²) >= 11 is 0. The van der Waals surface area contributed by atoms with Gasteiger partial charge in [-0.25, -0.2) is 4.98 Å². The minimum absolute atomic E-state index is 0.150. The van der Waals surface area contributed by atoms with Crippen molar-refractivity contribution in [3.05, 3.63) is 48.5 Å². The van der Waals surface area contributed by atoms with Gasteiger partial charge >= 0.3 is 0 Å². The zero-order valence-electron chi connectivity index (χ0n) is 16.7. The summed E-state index contributed by atoms with van der Waals surface area (Å²) in [6.45, 7) is 4.05. The molecule has 1 aromatic carbocycles. The van der Waals surface area contributed by atoms with E-state index in [1.54, 1.807) is 12.5 Å². The molecule has 1 saturated carbocycles. The number of carbonyl (C=O) groups excluding carboxylic acids is 1. The number of carbonyl (C=O) groups is 1. The Hall–Kier alpha value is -2.34. The van der Waals surface area contributed by atoms with Crippen LogP contribution in [-0.2, 0) is 17.9 Å². The van der Waals surface area contributed by atoms with Crippen molar-refractivity contribution in [1.29, 1.82) is 0 Å². The summed E-state index contributed by atoms with van der Waals surface area (Å²) in [5.74, 6) is 1.66. The van der Waals surface area contributed by atoms with Crippen LogP contribution in [0, 0.1) is 5.92 Å². The van der Waals surface area contributed by atoms with E-state index in [1.165, 1.54) is 19.4 Å². The molecule has 0 radical (unpaired) electrons. The second-order valence-corrected chi connectivity index (χ2v) is 8.22. The Morgan fingerprint density at radius 1 is 1.32 bits per heavy atom. The van der Waals surface area contributed by atoms with Crippen molar-refractivity contribution < 1.29 is 9.53 Å². The van der Waals surface area contributed by atoms with Gasteiger partial charge in [0.1, 0.15) is 12.3 Å². The van der Waals surface area contributed by atoms with Crippen LogP contribution in [-0.4, -0.2) is 58.0 Å². The van der Waals surface area contributed by atoms with Gasteiger partial charge in [-0.2, -0.15) is 0 Å². The quantitative estimate of drug-likeness (QED) is 0.704. The first-order valence-corrected chi connectivity index (χ1v) is 10.3. The number of likely N-dealkylation sites (tertiary alicyclic amines) is 1. The average molecular weight is 383 g/mol. The maximum Gasteiger partial charge on any atom is 0.243 e. The van der Waals surface area contributed by atoms with Gasteiger partial charge in [0, 0.05) is 37.4 Å². The lowest BCUT2D eigenvalue weighted by Gasteiger charge is -2.29. The molecule has 150 valence electrons. The molecule has 28 heavy (non-hydrogen) atoms. The third-order valence-electron chi connectivity index (χ3n) is 5.64. The molecular weight excluding hydrogens is 352 g/mol. The average Bonchev–Trinajstić information content (AvgIpc) is 3.41. The van der Waals surface area contributed by atoms with Gasteiger partial charge in [-0.15, -0.1) is 0 Å². The molecule has 2 fully saturated rings. The topological polar surface area (TPSA) is 50.6 Å². The van der Waals surface area contributed by atoms with E-state index in [9.17, 15) is 4.79 Å². The number of imidazole rings is 1. The summed E-state index contributed by atoms with van der Waals surface area (Å²) in [5, 5.41) is 0. The van der Waals surface area contributed by atoms with Crippen molar-refractivity contribution in [2.24, 2.45) is 5.92 Å². The van der Waals surface area contributed by atoms with Crippen molar-refractivity contribution in [2.45, 2.75) is 44.8 Å². The fourth-order valence-electron chi connectivity index (χ4n) is 3.99. The monoisotopic (exact) mass is 382 g/mol. The highest BCUT2D eigenvalue weighted by Crippen LogP contribution is 2.29. The fourth-order valence-corrected chi connectivity index (χ4v) is 3.99. The number of ether oxygens (including phenoxy) is 1. The molecule has 1 saturated heterocycles. The summed E-state index contributed by atoms with van der Waals surface area (Å²) in [6, 6.07) is 8.60. The van der Waals surface area contributed by atoms with Crippen LogP contribution < -0.4 is 4.74 Å². The van der Waals surface area contributed by atoms with Gasteiger partial charge in [-0.3, -0.25) is 4.79 Å². The van der Waals surface area contributed by atoms with E-state index in [-0.39, 0.29) is 5.91 Å². The lowest BCUT2D eigenvalue weighted by molar-refractivity contribution is -0.133. The van der Waals surface area contributed by atoms with Crippen molar-refractivity contribution in [1.82, 2.24) is 19.4 Å². The van der Waals surface area contributed by atoms with Crippen molar-refractivity contribution in [3.8, 4) is 5.75 Å². The molecule has 0 bridgehead atoms. The number of hydrogen-bond donors (Lipinski definition) is 0. The summed E-state index contributed by atoms with van der Waals surface area (Å²) < 4.78 is 7.93. The molecule has 2 aliphatic rings. The minimum Gasteiger partial charge on any atom is -0.493 e. The fraction of sp³-hybridized carbons (Fsp3) is 0.545. The Morgan fingerprint density at radius 3 is 2.96 bits per heavy atom. The standard InChI is InChI=1S/C22H30N4O2/c1-24-10-3-5-19(13-24)16-28-21-6-2-4-18(12-21)14-26(20-7-8-20)22(27)15-25-11-9-23-17-25/h2,4,6,9,11-12,17,19-20H,3,5,7-8,10,13-16H2,1H3/t19-/m0/s1. The molecule has 0 N–H and O–H groups in total. The summed E-state index contributed by atoms with van der Waals surface area (Å²) in [4.78, 5) is 21.2. The Balaban J connectivity index is 1.35. The maximum absolute atomic E-state index is 12.8. The predicted molar refractivity (Wildman–Crippen MR) is 108 cm³/mol. The zero-order chi connectivity index (χ0) is 19.3. The molecule has 1 aliphatic carbocycles. The molecule has 1 aromatic heterocycles. The van der Waals surface area contributed by atoms with Crippen molar-refractivity contribution >= 4 is 5.91 Å². The summed E-state index contributed by atoms with van der Waals surface area (Å²) in [6.07, 6.45) is 9.92. The number of benzene rings is 1. The highest BCUT2D eigenvalue weighted by atomic mass is 16.5. The predicted octanol–water partition coefficient (Wildman–Crippen LogP) is 2.79. The molecule has 4 rings (SSSR count). The Morgan fingerprint density at radius 2 is 2.21 bits per heavy atom. The third kappa shape index (κ3) is 5.13. The van der Waals surface area contributed by atoms with Gasteiger partial charge in [0.2, 0.25) is 5.91 Å². The van der Waals surface area contributed by atoms with Gasteiger partial charge in [-0.05, 0) is 57.0 Å². The van der Waals surface area contributed by atoms with Crippen LogP contribution in [0.1, 0.15) is 31.2 Å². The van der Waals surface area contributed by atoms with Crippen LogP contribution in [0.5, 0.6) is 5.75 Å². The van der Waals surface area contributed by atoms with Crippen LogP contribution in [0.2, 0.25) is 0 Å². The van der Waals surface area contributed by atoms with Crippen LogP contribution in [0.4, 0.5) is 0 Å². The van der Waals surface area contributed by atoms with Gasteiger partial charge in [0.15, 0.2) is 0 Å². The van der Waals surface area contributed by atoms with Crippen LogP contribution >= 0.6 is 0 Å². The molecule has 2 aromatic rings. The number of aromatic nitrogens is 2. The second-order valence-electron chi connectivity index (χ2n) is 8.22. The van der Waals surface area contributed by atoms with Gasteiger partial charge in [0.05, 0.1) is 12.9 Å². The number of piperidine rings is 1. The van der Waals surface area contributed by atoms with Gasteiger partial charge < -0.3 is 19.1 Å². The minimum atomic E-state index is 0.150. The van der Waals surface area contributed by atoms with Crippen LogP contribution in [0.25, 0.3) is 0 Å². The Labute approximate surface area is 167 Å². The molecule has 0 spiro atoms. The molecule has 6 heteroatoms. The van der Waals surface area contributed by atoms with E-state index < -0.39 is 0 Å². The Bertz CT molecular complexity index is 773. The van der Waals surface area contributed by atoms with E-state index >= 15 is 0 Å². The van der Waals surface area contributed by atoms with Crippen molar-refractivity contribution in [2.75, 3.05) is 26.7 Å². The number of hydrogen-bond acceptors (Lipinski definition) is 4. The van der Waals surface area contributed by atoms with E-state index in [1.807, 2.05) is 27.8 Å². The maximum atomic E-state index is 12.8. The second kappa shape index (κ2) is 8.78. The van der Waals surface area contributed by atoms with E-state index in [4.69, 9.17) is 4.74 Å². The third-order valence-corrected chi connectivity index (χ3v) is 5.64. The molecule has 1 atom stereocenters. The molecular formula is C22H30N4O2. The molecule has 1 amide bonds. The molecule has 0 unspecified atom stereocenters. The molecule has 2 heterocycles. The van der Waals surface area contributed by atoms with E-state index in [0.29, 0.717) is 25.0 Å². The van der Waals surface area contributed by atoms with Gasteiger partial charge in [-0.1, -0.05) is 12.1 Å². The number of amides is 1. The van der Waals surface area contributed by atoms with Crippen molar-refractivity contribution in [3.63, 3.8) is 0 Å². The first kappa shape index (κ1) is 19.0. The van der Waals surface area contributed by atoms with E-state index in [2.05, 4.69) is 29.1 Å². The van der Waals surface area contributed by atoms with Crippen LogP contribution in [0.15, 0.2) is 43.0 Å². The lowest BCUT2D eigenvalue weighted by atomic mass is 9.99. The highest BCUT2D eigenvalue weighted by Gasteiger charge is 2.32. The smallest absolute Gasteiger partial charge is 0.243 e.